The fraction of sp³-hybridized carbons (Fsp3) is 0.500. The van der Waals surface area contributed by atoms with E-state index in [4.69, 9.17) is 4.74 Å². The van der Waals surface area contributed by atoms with Gasteiger partial charge in [-0.05, 0) is 42.5 Å². The Morgan fingerprint density at radius 2 is 1.91 bits per heavy atom. The van der Waals surface area contributed by atoms with Crippen LogP contribution in [0.1, 0.15) is 32.3 Å². The van der Waals surface area contributed by atoms with Crippen LogP contribution in [-0.2, 0) is 11.2 Å². The van der Waals surface area contributed by atoms with E-state index in [0.29, 0.717) is 23.9 Å². The van der Waals surface area contributed by atoms with E-state index in [0.717, 1.165) is 50.4 Å². The summed E-state index contributed by atoms with van der Waals surface area (Å²) < 4.78 is 19.0. The number of anilines is 2. The molecule has 32 heavy (non-hydrogen) atoms. The van der Waals surface area contributed by atoms with Gasteiger partial charge < -0.3 is 15.0 Å². The van der Waals surface area contributed by atoms with E-state index in [1.54, 1.807) is 13.2 Å². The summed E-state index contributed by atoms with van der Waals surface area (Å²) in [4.78, 5) is 18.0. The highest BCUT2D eigenvalue weighted by Crippen LogP contribution is 2.32. The lowest BCUT2D eigenvalue weighted by atomic mass is 9.88. The van der Waals surface area contributed by atoms with E-state index < -0.39 is 0 Å². The minimum Gasteiger partial charge on any atom is -0.494 e. The predicted octanol–water partition coefficient (Wildman–Crippen LogP) is 4.37. The third kappa shape index (κ3) is 4.90. The van der Waals surface area contributed by atoms with Crippen LogP contribution in [0.5, 0.6) is 5.75 Å². The van der Waals surface area contributed by atoms with Gasteiger partial charge in [0.2, 0.25) is 0 Å². The van der Waals surface area contributed by atoms with E-state index in [9.17, 15) is 9.18 Å². The van der Waals surface area contributed by atoms with Gasteiger partial charge in [0.05, 0.1) is 18.8 Å². The van der Waals surface area contributed by atoms with E-state index in [2.05, 4.69) is 47.2 Å². The first kappa shape index (κ1) is 22.6. The lowest BCUT2D eigenvalue weighted by molar-refractivity contribution is -0.125. The van der Waals surface area contributed by atoms with Gasteiger partial charge >= 0.3 is 0 Å². The third-order valence-electron chi connectivity index (χ3n) is 6.59. The van der Waals surface area contributed by atoms with Crippen LogP contribution in [0.3, 0.4) is 0 Å². The molecule has 0 radical (unpaired) electrons. The number of fused-ring (bicyclic) bond motifs is 1. The number of nitrogens with one attached hydrogen (secondary N) is 1. The summed E-state index contributed by atoms with van der Waals surface area (Å²) in [5.41, 5.74) is 3.39. The highest BCUT2D eigenvalue weighted by atomic mass is 19.1. The van der Waals surface area contributed by atoms with Crippen LogP contribution in [0.4, 0.5) is 15.8 Å². The monoisotopic (exact) mass is 439 g/mol. The van der Waals surface area contributed by atoms with Gasteiger partial charge in [-0.3, -0.25) is 9.69 Å². The molecule has 4 rings (SSSR count). The summed E-state index contributed by atoms with van der Waals surface area (Å²) in [6, 6.07) is 13.1. The molecule has 2 aromatic rings. The quantitative estimate of drug-likeness (QED) is 0.694. The van der Waals surface area contributed by atoms with E-state index in [1.807, 2.05) is 6.07 Å². The summed E-state index contributed by atoms with van der Waals surface area (Å²) in [6.07, 6.45) is 2.54. The van der Waals surface area contributed by atoms with E-state index >= 15 is 0 Å². The number of hydrogen-bond donors (Lipinski definition) is 1. The molecule has 1 fully saturated rings. The Kier molecular flexibility index (Phi) is 6.99. The van der Waals surface area contributed by atoms with Crippen LogP contribution in [0.25, 0.3) is 0 Å². The topological polar surface area (TPSA) is 44.8 Å². The van der Waals surface area contributed by atoms with E-state index in [1.165, 1.54) is 17.7 Å². The number of hydrogen-bond acceptors (Lipinski definition) is 5. The number of halogens is 1. The maximum atomic E-state index is 13.6. The Hall–Kier alpha value is -2.60. The van der Waals surface area contributed by atoms with Crippen molar-refractivity contribution >= 4 is 17.2 Å². The summed E-state index contributed by atoms with van der Waals surface area (Å²) in [7, 11) is 1.57. The van der Waals surface area contributed by atoms with Crippen LogP contribution in [0.15, 0.2) is 42.5 Å². The fourth-order valence-corrected chi connectivity index (χ4v) is 5.06. The van der Waals surface area contributed by atoms with Gasteiger partial charge in [-0.1, -0.05) is 32.0 Å². The second-order valence-electron chi connectivity index (χ2n) is 9.29. The van der Waals surface area contributed by atoms with Gasteiger partial charge in [0.1, 0.15) is 11.6 Å². The lowest BCUT2D eigenvalue weighted by Gasteiger charge is -2.44. The molecule has 2 aromatic carbocycles. The molecule has 2 atom stereocenters. The number of nitrogens with zero attached hydrogens (tertiary/aromatic N) is 2. The number of ether oxygens (including phenoxy) is 1. The van der Waals surface area contributed by atoms with Crippen molar-refractivity contribution in [3.63, 3.8) is 0 Å². The molecule has 172 valence electrons. The van der Waals surface area contributed by atoms with Crippen molar-refractivity contribution in [2.24, 2.45) is 5.92 Å². The molecule has 0 amide bonds. The number of piperazine rings is 1. The SMILES string of the molecule is COc1cc(F)ccc1N1CCN(C(C(=O)CC(C)C)C2CCc3ccccc3N2)CC1. The zero-order valence-corrected chi connectivity index (χ0v) is 19.3. The standard InChI is InChI=1S/C26H34FN3O2/c1-18(2)16-24(31)26(22-10-8-19-6-4-5-7-21(19)28-22)30-14-12-29(13-15-30)23-11-9-20(27)17-25(23)32-3/h4-7,9,11,17-18,22,26,28H,8,10,12-16H2,1-3H3. The number of Topliss-reactive ketones (excluding diaryl/α,β-unsaturated/α-hetero) is 1. The smallest absolute Gasteiger partial charge is 0.152 e. The molecular weight excluding hydrogens is 405 g/mol. The molecule has 1 N–H and O–H groups in total. The Morgan fingerprint density at radius 1 is 1.16 bits per heavy atom. The molecule has 0 bridgehead atoms. The van der Waals surface area contributed by atoms with Crippen molar-refractivity contribution in [1.82, 2.24) is 4.90 Å². The van der Waals surface area contributed by atoms with Crippen LogP contribution in [0, 0.1) is 11.7 Å². The lowest BCUT2D eigenvalue weighted by Crippen LogP contribution is -2.59. The number of benzene rings is 2. The minimum atomic E-state index is -0.299. The number of para-hydroxylation sites is 1. The van der Waals surface area contributed by atoms with Crippen molar-refractivity contribution in [3.8, 4) is 5.75 Å². The van der Waals surface area contributed by atoms with Gasteiger partial charge in [-0.2, -0.15) is 0 Å². The summed E-state index contributed by atoms with van der Waals surface area (Å²) in [6.45, 7) is 7.34. The maximum absolute atomic E-state index is 13.6. The molecular formula is C26H34FN3O2. The van der Waals surface area contributed by atoms with E-state index in [-0.39, 0.29) is 17.9 Å². The molecule has 0 aromatic heterocycles. The minimum absolute atomic E-state index is 0.114. The molecule has 0 saturated carbocycles. The Balaban J connectivity index is 1.50. The highest BCUT2D eigenvalue weighted by molar-refractivity contribution is 5.85. The van der Waals surface area contributed by atoms with Gasteiger partial charge in [0.25, 0.3) is 0 Å². The van der Waals surface area contributed by atoms with Crippen LogP contribution >= 0.6 is 0 Å². The number of methoxy groups -OCH3 is 1. The summed E-state index contributed by atoms with van der Waals surface area (Å²) in [5, 5.41) is 3.68. The number of rotatable bonds is 7. The first-order chi connectivity index (χ1) is 15.5. The zero-order chi connectivity index (χ0) is 22.7. The second-order valence-corrected chi connectivity index (χ2v) is 9.29. The van der Waals surface area contributed by atoms with Crippen molar-refractivity contribution in [3.05, 3.63) is 53.8 Å². The highest BCUT2D eigenvalue weighted by Gasteiger charge is 2.37. The van der Waals surface area contributed by atoms with Crippen LogP contribution in [0.2, 0.25) is 0 Å². The number of aryl methyl sites for hydroxylation is 1. The van der Waals surface area contributed by atoms with Crippen LogP contribution in [-0.4, -0.2) is 56.1 Å². The molecule has 6 heteroatoms. The van der Waals surface area contributed by atoms with Crippen molar-refractivity contribution in [2.75, 3.05) is 43.5 Å². The van der Waals surface area contributed by atoms with Crippen molar-refractivity contribution < 1.29 is 13.9 Å². The zero-order valence-electron chi connectivity index (χ0n) is 19.3. The first-order valence-electron chi connectivity index (χ1n) is 11.7. The summed E-state index contributed by atoms with van der Waals surface area (Å²) in [5.74, 6) is 0.916. The second kappa shape index (κ2) is 9.90. The van der Waals surface area contributed by atoms with Gasteiger partial charge in [0.15, 0.2) is 5.78 Å². The van der Waals surface area contributed by atoms with Crippen molar-refractivity contribution in [1.29, 1.82) is 0 Å². The normalized spacial score (nSPS) is 19.9. The molecule has 2 heterocycles. The molecule has 2 aliphatic rings. The Morgan fingerprint density at radius 3 is 2.62 bits per heavy atom. The molecule has 0 spiro atoms. The predicted molar refractivity (Wildman–Crippen MR) is 127 cm³/mol. The third-order valence-corrected chi connectivity index (χ3v) is 6.59. The fourth-order valence-electron chi connectivity index (χ4n) is 5.06. The molecule has 2 aliphatic heterocycles. The maximum Gasteiger partial charge on any atom is 0.152 e. The van der Waals surface area contributed by atoms with Gasteiger partial charge in [-0.25, -0.2) is 4.39 Å². The van der Waals surface area contributed by atoms with Gasteiger partial charge in [-0.15, -0.1) is 0 Å². The van der Waals surface area contributed by atoms with Gasteiger partial charge in [0, 0.05) is 50.4 Å². The molecule has 1 saturated heterocycles. The average molecular weight is 440 g/mol. The largest absolute Gasteiger partial charge is 0.494 e. The first-order valence-corrected chi connectivity index (χ1v) is 11.7. The molecule has 0 aliphatic carbocycles. The Bertz CT molecular complexity index is 940. The molecule has 5 nitrogen and oxygen atoms in total. The average Bonchev–Trinajstić information content (AvgIpc) is 2.79. The number of carbonyl (C=O) groups excluding carboxylic acids is 1. The number of ketones is 1. The summed E-state index contributed by atoms with van der Waals surface area (Å²) >= 11 is 0. The Labute approximate surface area is 190 Å². The number of carbonyl (C=O) groups is 1. The van der Waals surface area contributed by atoms with Crippen molar-refractivity contribution in [2.45, 2.75) is 45.2 Å². The van der Waals surface area contributed by atoms with Crippen LogP contribution < -0.4 is 15.0 Å². The molecule has 2 unspecified atom stereocenters.